The molecule has 0 fully saturated rings. The molecule has 16 heavy (non-hydrogen) atoms. The van der Waals surface area contributed by atoms with Crippen LogP contribution in [0.1, 0.15) is 20.3 Å². The predicted octanol–water partition coefficient (Wildman–Crippen LogP) is 2.24. The third-order valence-electron chi connectivity index (χ3n) is 1.97. The maximum atomic E-state index is 10.7. The zero-order valence-electron chi connectivity index (χ0n) is 9.49. The molecule has 0 atom stereocenters. The monoisotopic (exact) mass is 224 g/mol. The fraction of sp³-hybridized carbons (Fsp3) is 0.500. The Morgan fingerprint density at radius 1 is 1.38 bits per heavy atom. The van der Waals surface area contributed by atoms with E-state index < -0.39 is 4.92 Å². The van der Waals surface area contributed by atoms with E-state index in [-0.39, 0.29) is 5.69 Å². The van der Waals surface area contributed by atoms with Crippen molar-refractivity contribution in [2.75, 3.05) is 23.7 Å². The van der Waals surface area contributed by atoms with E-state index in [0.29, 0.717) is 18.2 Å². The number of nitrogens with zero attached hydrogens (tertiary/aromatic N) is 2. The van der Waals surface area contributed by atoms with Gasteiger partial charge in [0.15, 0.2) is 0 Å². The Labute approximate surface area is 94.2 Å². The molecule has 1 aromatic rings. The molecule has 0 bridgehead atoms. The summed E-state index contributed by atoms with van der Waals surface area (Å²) in [6.45, 7) is 5.32. The molecule has 0 saturated heterocycles. The Morgan fingerprint density at radius 3 is 2.69 bits per heavy atom. The third-order valence-corrected chi connectivity index (χ3v) is 1.97. The largest absolute Gasteiger partial charge is 0.370 e. The maximum absolute atomic E-state index is 10.7. The summed E-state index contributed by atoms with van der Waals surface area (Å²) in [5.74, 6) is 0.969. The quantitative estimate of drug-likeness (QED) is 0.572. The molecule has 1 heterocycles. The highest BCUT2D eigenvalue weighted by Crippen LogP contribution is 2.23. The van der Waals surface area contributed by atoms with Crippen molar-refractivity contribution in [1.29, 1.82) is 0 Å². The summed E-state index contributed by atoms with van der Waals surface area (Å²) in [5.41, 5.74) is 0.00361. The van der Waals surface area contributed by atoms with Crippen LogP contribution in [0, 0.1) is 10.1 Å². The Balaban J connectivity index is 2.92. The van der Waals surface area contributed by atoms with E-state index in [9.17, 15) is 10.1 Å². The van der Waals surface area contributed by atoms with Crippen LogP contribution in [-0.4, -0.2) is 23.0 Å². The molecule has 0 saturated carbocycles. The molecular weight excluding hydrogens is 208 g/mol. The summed E-state index contributed by atoms with van der Waals surface area (Å²) in [6, 6.07) is 3.08. The zero-order valence-corrected chi connectivity index (χ0v) is 9.49. The normalized spacial score (nSPS) is 9.88. The van der Waals surface area contributed by atoms with Crippen LogP contribution >= 0.6 is 0 Å². The van der Waals surface area contributed by atoms with E-state index in [1.165, 1.54) is 6.07 Å². The first-order valence-corrected chi connectivity index (χ1v) is 5.32. The highest BCUT2D eigenvalue weighted by molar-refractivity contribution is 5.60. The van der Waals surface area contributed by atoms with Crippen LogP contribution in [-0.2, 0) is 0 Å². The van der Waals surface area contributed by atoms with Crippen LogP contribution in [0.4, 0.5) is 17.3 Å². The fourth-order valence-corrected chi connectivity index (χ4v) is 1.25. The number of rotatable bonds is 6. The molecule has 0 aliphatic rings. The van der Waals surface area contributed by atoms with Gasteiger partial charge in [0.2, 0.25) is 5.82 Å². The van der Waals surface area contributed by atoms with Gasteiger partial charge in [0.1, 0.15) is 5.82 Å². The van der Waals surface area contributed by atoms with Gasteiger partial charge in [0.05, 0.1) is 4.92 Å². The van der Waals surface area contributed by atoms with Gasteiger partial charge in [-0.05, 0) is 19.4 Å². The van der Waals surface area contributed by atoms with Crippen molar-refractivity contribution in [3.8, 4) is 0 Å². The molecule has 0 spiro atoms. The number of nitro groups is 1. The summed E-state index contributed by atoms with van der Waals surface area (Å²) >= 11 is 0. The SMILES string of the molecule is CCCNc1ccc([N+](=O)[O-])c(NCC)n1. The van der Waals surface area contributed by atoms with Crippen molar-refractivity contribution >= 4 is 17.3 Å². The molecule has 1 rings (SSSR count). The fourth-order valence-electron chi connectivity index (χ4n) is 1.25. The van der Waals surface area contributed by atoms with E-state index in [2.05, 4.69) is 15.6 Å². The number of hydrogen-bond acceptors (Lipinski definition) is 5. The van der Waals surface area contributed by atoms with Crippen molar-refractivity contribution in [3.05, 3.63) is 22.2 Å². The second kappa shape index (κ2) is 5.89. The lowest BCUT2D eigenvalue weighted by Crippen LogP contribution is -2.07. The van der Waals surface area contributed by atoms with Crippen LogP contribution in [0.15, 0.2) is 12.1 Å². The second-order valence-electron chi connectivity index (χ2n) is 3.28. The van der Waals surface area contributed by atoms with Gasteiger partial charge in [-0.2, -0.15) is 0 Å². The first-order valence-electron chi connectivity index (χ1n) is 5.32. The smallest absolute Gasteiger partial charge is 0.311 e. The molecule has 0 radical (unpaired) electrons. The van der Waals surface area contributed by atoms with Crippen molar-refractivity contribution in [2.24, 2.45) is 0 Å². The summed E-state index contributed by atoms with van der Waals surface area (Å²) in [5, 5.41) is 16.7. The van der Waals surface area contributed by atoms with Crippen molar-refractivity contribution in [2.45, 2.75) is 20.3 Å². The average molecular weight is 224 g/mol. The van der Waals surface area contributed by atoms with Crippen molar-refractivity contribution in [3.63, 3.8) is 0 Å². The van der Waals surface area contributed by atoms with E-state index >= 15 is 0 Å². The first kappa shape index (κ1) is 12.2. The Bertz CT molecular complexity index is 368. The second-order valence-corrected chi connectivity index (χ2v) is 3.28. The van der Waals surface area contributed by atoms with Crippen LogP contribution < -0.4 is 10.6 Å². The lowest BCUT2D eigenvalue weighted by atomic mass is 10.3. The molecular formula is C10H16N4O2. The molecule has 0 aliphatic carbocycles. The predicted molar refractivity (Wildman–Crippen MR) is 63.8 cm³/mol. The van der Waals surface area contributed by atoms with Crippen molar-refractivity contribution in [1.82, 2.24) is 4.98 Å². The average Bonchev–Trinajstić information content (AvgIpc) is 2.26. The highest BCUT2D eigenvalue weighted by Gasteiger charge is 2.14. The minimum Gasteiger partial charge on any atom is -0.370 e. The van der Waals surface area contributed by atoms with Crippen molar-refractivity contribution < 1.29 is 4.92 Å². The van der Waals surface area contributed by atoms with E-state index in [0.717, 1.165) is 13.0 Å². The summed E-state index contributed by atoms with van der Waals surface area (Å²) < 4.78 is 0. The Kier molecular flexibility index (Phi) is 4.50. The van der Waals surface area contributed by atoms with Gasteiger partial charge in [-0.1, -0.05) is 6.92 Å². The van der Waals surface area contributed by atoms with Gasteiger partial charge in [0.25, 0.3) is 0 Å². The first-order chi connectivity index (χ1) is 7.69. The van der Waals surface area contributed by atoms with Crippen LogP contribution in [0.2, 0.25) is 0 Å². The maximum Gasteiger partial charge on any atom is 0.311 e. The van der Waals surface area contributed by atoms with Gasteiger partial charge in [-0.15, -0.1) is 0 Å². The third kappa shape index (κ3) is 3.08. The number of hydrogen-bond donors (Lipinski definition) is 2. The zero-order chi connectivity index (χ0) is 12.0. The minimum absolute atomic E-state index is 0.00361. The van der Waals surface area contributed by atoms with E-state index in [1.54, 1.807) is 6.07 Å². The molecule has 1 aromatic heterocycles. The summed E-state index contributed by atoms with van der Waals surface area (Å²) in [7, 11) is 0. The van der Waals surface area contributed by atoms with E-state index in [4.69, 9.17) is 0 Å². The minimum atomic E-state index is -0.436. The highest BCUT2D eigenvalue weighted by atomic mass is 16.6. The number of pyridine rings is 1. The lowest BCUT2D eigenvalue weighted by Gasteiger charge is -2.07. The number of aromatic nitrogens is 1. The molecule has 2 N–H and O–H groups in total. The lowest BCUT2D eigenvalue weighted by molar-refractivity contribution is -0.384. The molecule has 0 unspecified atom stereocenters. The van der Waals surface area contributed by atoms with Gasteiger partial charge in [-0.25, -0.2) is 4.98 Å². The van der Waals surface area contributed by atoms with Gasteiger partial charge < -0.3 is 10.6 Å². The summed E-state index contributed by atoms with van der Waals surface area (Å²) in [4.78, 5) is 14.4. The van der Waals surface area contributed by atoms with E-state index in [1.807, 2.05) is 13.8 Å². The van der Waals surface area contributed by atoms with Crippen LogP contribution in [0.3, 0.4) is 0 Å². The Hall–Kier alpha value is -1.85. The van der Waals surface area contributed by atoms with Gasteiger partial charge in [0, 0.05) is 19.2 Å². The molecule has 88 valence electrons. The number of anilines is 2. The van der Waals surface area contributed by atoms with Gasteiger partial charge >= 0.3 is 5.69 Å². The summed E-state index contributed by atoms with van der Waals surface area (Å²) in [6.07, 6.45) is 0.981. The molecule has 6 nitrogen and oxygen atoms in total. The molecule has 6 heteroatoms. The topological polar surface area (TPSA) is 80.1 Å². The van der Waals surface area contributed by atoms with Crippen LogP contribution in [0.5, 0.6) is 0 Å². The molecule has 0 aromatic carbocycles. The molecule has 0 aliphatic heterocycles. The molecule has 0 amide bonds. The number of nitrogens with one attached hydrogen (secondary N) is 2. The van der Waals surface area contributed by atoms with Gasteiger partial charge in [-0.3, -0.25) is 10.1 Å². The van der Waals surface area contributed by atoms with Crippen LogP contribution in [0.25, 0.3) is 0 Å². The Morgan fingerprint density at radius 2 is 2.12 bits per heavy atom. The standard InChI is InChI=1S/C10H16N4O2/c1-3-7-12-9-6-5-8(14(15)16)10(13-9)11-4-2/h5-6H,3-4,7H2,1-2H3,(H2,11,12,13).